The average molecular weight is 366 g/mol. The Balaban J connectivity index is 1.37. The minimum absolute atomic E-state index is 0.163. The number of ether oxygens (including phenoxy) is 1. The lowest BCUT2D eigenvalue weighted by Crippen LogP contribution is -2.32. The van der Waals surface area contributed by atoms with Crippen LogP contribution >= 0.6 is 11.3 Å². The number of carbonyl (C=O) groups excluding carboxylic acids is 1. The topological polar surface area (TPSA) is 45.3 Å². The maximum absolute atomic E-state index is 13.2. The van der Waals surface area contributed by atoms with E-state index in [1.54, 1.807) is 11.3 Å². The van der Waals surface area contributed by atoms with Crippen molar-refractivity contribution in [2.75, 3.05) is 6.61 Å². The molecule has 0 spiro atoms. The zero-order chi connectivity index (χ0) is 17.5. The van der Waals surface area contributed by atoms with Gasteiger partial charge in [-0.05, 0) is 67.0 Å². The van der Waals surface area contributed by atoms with Gasteiger partial charge in [0.1, 0.15) is 0 Å². The van der Waals surface area contributed by atoms with Crippen molar-refractivity contribution in [2.45, 2.75) is 44.4 Å². The molecule has 1 atom stereocenters. The Hall–Kier alpha value is -2.11. The fraction of sp³-hybridized carbons (Fsp3) is 0.381. The molecule has 3 aromatic rings. The molecule has 1 amide bonds. The van der Waals surface area contributed by atoms with Gasteiger partial charge in [0.2, 0.25) is 0 Å². The van der Waals surface area contributed by atoms with E-state index in [0.29, 0.717) is 12.6 Å². The Labute approximate surface area is 156 Å². The maximum Gasteiger partial charge on any atom is 0.264 e. The molecule has 2 aliphatic rings. The highest BCUT2D eigenvalue weighted by Gasteiger charge is 2.34. The summed E-state index contributed by atoms with van der Waals surface area (Å²) in [5, 5.41) is 1.20. The van der Waals surface area contributed by atoms with E-state index in [4.69, 9.17) is 4.74 Å². The largest absolute Gasteiger partial charge is 0.373 e. The molecule has 2 fully saturated rings. The normalized spacial score (nSPS) is 19.9. The summed E-state index contributed by atoms with van der Waals surface area (Å²) in [4.78, 5) is 20.5. The van der Waals surface area contributed by atoms with Gasteiger partial charge in [0.25, 0.3) is 5.91 Å². The highest BCUT2D eigenvalue weighted by Crippen LogP contribution is 2.36. The molecule has 5 heteroatoms. The third-order valence-electron chi connectivity index (χ3n) is 5.30. The van der Waals surface area contributed by atoms with E-state index < -0.39 is 0 Å². The van der Waals surface area contributed by atoms with E-state index in [1.165, 1.54) is 15.8 Å². The molecular formula is C21H22N2O2S. The van der Waals surface area contributed by atoms with Gasteiger partial charge in [-0.3, -0.25) is 4.79 Å². The zero-order valence-corrected chi connectivity index (χ0v) is 15.4. The SMILES string of the molecule is O=C(c1ccc([C@H]2CCCO2)s1)N(Cc1ccc2[nH]ccc2c1)C1CC1. The van der Waals surface area contributed by atoms with Gasteiger partial charge in [-0.1, -0.05) is 6.07 Å². The van der Waals surface area contributed by atoms with E-state index in [-0.39, 0.29) is 12.0 Å². The van der Waals surface area contributed by atoms with Crippen molar-refractivity contribution >= 4 is 28.1 Å². The maximum atomic E-state index is 13.2. The highest BCUT2D eigenvalue weighted by atomic mass is 32.1. The Kier molecular flexibility index (Phi) is 4.06. The molecule has 1 saturated heterocycles. The van der Waals surface area contributed by atoms with Gasteiger partial charge in [-0.25, -0.2) is 0 Å². The van der Waals surface area contributed by atoms with E-state index >= 15 is 0 Å². The van der Waals surface area contributed by atoms with E-state index in [0.717, 1.165) is 42.7 Å². The minimum atomic E-state index is 0.163. The molecule has 1 aromatic carbocycles. The second kappa shape index (κ2) is 6.56. The van der Waals surface area contributed by atoms with Crippen LogP contribution in [0.5, 0.6) is 0 Å². The summed E-state index contributed by atoms with van der Waals surface area (Å²) in [6.45, 7) is 1.51. The van der Waals surface area contributed by atoms with Crippen LogP contribution in [0, 0.1) is 0 Å². The first-order valence-corrected chi connectivity index (χ1v) is 10.2. The molecule has 1 aliphatic carbocycles. The van der Waals surface area contributed by atoms with Crippen molar-refractivity contribution in [2.24, 2.45) is 0 Å². The van der Waals surface area contributed by atoms with Crippen LogP contribution in [0.4, 0.5) is 0 Å². The lowest BCUT2D eigenvalue weighted by molar-refractivity contribution is 0.0735. The molecule has 1 N–H and O–H groups in total. The van der Waals surface area contributed by atoms with Crippen molar-refractivity contribution in [1.82, 2.24) is 9.88 Å². The van der Waals surface area contributed by atoms with Crippen LogP contribution in [-0.4, -0.2) is 28.4 Å². The van der Waals surface area contributed by atoms with Crippen LogP contribution in [-0.2, 0) is 11.3 Å². The predicted molar refractivity (Wildman–Crippen MR) is 103 cm³/mol. The van der Waals surface area contributed by atoms with E-state index in [9.17, 15) is 4.79 Å². The van der Waals surface area contributed by atoms with Crippen molar-refractivity contribution in [1.29, 1.82) is 0 Å². The molecule has 1 aliphatic heterocycles. The van der Waals surface area contributed by atoms with Crippen molar-refractivity contribution in [3.63, 3.8) is 0 Å². The Morgan fingerprint density at radius 3 is 2.92 bits per heavy atom. The number of rotatable bonds is 5. The molecule has 0 bridgehead atoms. The average Bonchev–Trinajstić information content (AvgIpc) is 3.11. The molecule has 26 heavy (non-hydrogen) atoms. The quantitative estimate of drug-likeness (QED) is 0.699. The Morgan fingerprint density at radius 2 is 2.12 bits per heavy atom. The van der Waals surface area contributed by atoms with Gasteiger partial charge in [0.15, 0.2) is 0 Å². The number of amides is 1. The number of carbonyl (C=O) groups is 1. The highest BCUT2D eigenvalue weighted by molar-refractivity contribution is 7.14. The lowest BCUT2D eigenvalue weighted by atomic mass is 10.1. The summed E-state index contributed by atoms with van der Waals surface area (Å²) >= 11 is 1.61. The second-order valence-electron chi connectivity index (χ2n) is 7.27. The molecule has 3 heterocycles. The molecule has 4 nitrogen and oxygen atoms in total. The fourth-order valence-corrected chi connectivity index (χ4v) is 4.78. The summed E-state index contributed by atoms with van der Waals surface area (Å²) in [7, 11) is 0. The molecule has 0 unspecified atom stereocenters. The van der Waals surface area contributed by atoms with Crippen LogP contribution in [0.2, 0.25) is 0 Å². The number of benzene rings is 1. The second-order valence-corrected chi connectivity index (χ2v) is 8.38. The van der Waals surface area contributed by atoms with Crippen molar-refractivity contribution in [3.05, 3.63) is 57.9 Å². The third-order valence-corrected chi connectivity index (χ3v) is 6.47. The first-order chi connectivity index (χ1) is 12.8. The van der Waals surface area contributed by atoms with Crippen LogP contribution < -0.4 is 0 Å². The fourth-order valence-electron chi connectivity index (χ4n) is 3.74. The number of hydrogen-bond donors (Lipinski definition) is 1. The van der Waals surface area contributed by atoms with Gasteiger partial charge in [-0.2, -0.15) is 0 Å². The molecule has 0 radical (unpaired) electrons. The van der Waals surface area contributed by atoms with Gasteiger partial charge in [-0.15, -0.1) is 11.3 Å². The number of nitrogens with one attached hydrogen (secondary N) is 1. The summed E-state index contributed by atoms with van der Waals surface area (Å²) in [6.07, 6.45) is 6.55. The summed E-state index contributed by atoms with van der Waals surface area (Å²) < 4.78 is 5.76. The summed E-state index contributed by atoms with van der Waals surface area (Å²) in [6, 6.07) is 12.9. The predicted octanol–water partition coefficient (Wildman–Crippen LogP) is 4.89. The number of hydrogen-bond acceptors (Lipinski definition) is 3. The van der Waals surface area contributed by atoms with Crippen LogP contribution in [0.3, 0.4) is 0 Å². The Bertz CT molecular complexity index is 934. The molecule has 1 saturated carbocycles. The number of thiophene rings is 1. The lowest BCUT2D eigenvalue weighted by Gasteiger charge is -2.22. The monoisotopic (exact) mass is 366 g/mol. The Morgan fingerprint density at radius 1 is 1.19 bits per heavy atom. The van der Waals surface area contributed by atoms with Gasteiger partial charge in [0, 0.05) is 35.8 Å². The van der Waals surface area contributed by atoms with Gasteiger partial charge in [0.05, 0.1) is 11.0 Å². The first kappa shape index (κ1) is 16.1. The number of H-pyrrole nitrogens is 1. The summed E-state index contributed by atoms with van der Waals surface area (Å²) in [5.41, 5.74) is 2.32. The third kappa shape index (κ3) is 3.06. The molecular weight excluding hydrogens is 344 g/mol. The van der Waals surface area contributed by atoms with Crippen LogP contribution in [0.15, 0.2) is 42.6 Å². The minimum Gasteiger partial charge on any atom is -0.373 e. The molecule has 134 valence electrons. The van der Waals surface area contributed by atoms with Crippen LogP contribution in [0.1, 0.15) is 51.9 Å². The number of fused-ring (bicyclic) bond motifs is 1. The van der Waals surface area contributed by atoms with Gasteiger partial charge >= 0.3 is 0 Å². The zero-order valence-electron chi connectivity index (χ0n) is 14.6. The number of aromatic nitrogens is 1. The van der Waals surface area contributed by atoms with Crippen molar-refractivity contribution < 1.29 is 9.53 Å². The van der Waals surface area contributed by atoms with E-state index in [2.05, 4.69) is 40.2 Å². The van der Waals surface area contributed by atoms with E-state index in [1.807, 2.05) is 12.3 Å². The standard InChI is InChI=1S/C21H22N2O2S/c24-21(20-8-7-19(26-20)18-2-1-11-25-18)23(16-4-5-16)13-14-3-6-17-15(12-14)9-10-22-17/h3,6-10,12,16,18,22H,1-2,4-5,11,13H2/t18-/m1/s1. The summed E-state index contributed by atoms with van der Waals surface area (Å²) in [5.74, 6) is 0.163. The number of nitrogens with zero attached hydrogens (tertiary/aromatic N) is 1. The van der Waals surface area contributed by atoms with Crippen molar-refractivity contribution in [3.8, 4) is 0 Å². The smallest absolute Gasteiger partial charge is 0.264 e. The van der Waals surface area contributed by atoms with Crippen LogP contribution in [0.25, 0.3) is 10.9 Å². The number of aromatic amines is 1. The molecule has 5 rings (SSSR count). The molecule has 2 aromatic heterocycles. The first-order valence-electron chi connectivity index (χ1n) is 9.36. The van der Waals surface area contributed by atoms with Gasteiger partial charge < -0.3 is 14.6 Å².